The number of ether oxygens (including phenoxy) is 1. The number of hydrogen-bond donors (Lipinski definition) is 1. The molecule has 0 aliphatic heterocycles. The third-order valence-corrected chi connectivity index (χ3v) is 3.48. The average molecular weight is 277 g/mol. The standard InChI is InChI=1S/C16H20FNO2/c1-4-15-12(7-8-20-15)14(18-2)10-11-5-6-16(19-3)13(17)9-11/h5-9,14,18H,4,10H2,1-3H3. The Labute approximate surface area is 118 Å². The largest absolute Gasteiger partial charge is 0.494 e. The SMILES string of the molecule is CCc1occc1C(Cc1ccc(OC)c(F)c1)NC. The summed E-state index contributed by atoms with van der Waals surface area (Å²) in [5.74, 6) is 0.911. The lowest BCUT2D eigenvalue weighted by Crippen LogP contribution is -2.19. The summed E-state index contributed by atoms with van der Waals surface area (Å²) in [5.41, 5.74) is 2.05. The Bertz CT molecular complexity index is 565. The van der Waals surface area contributed by atoms with Gasteiger partial charge in [0, 0.05) is 18.0 Å². The number of nitrogens with one attached hydrogen (secondary N) is 1. The normalized spacial score (nSPS) is 12.4. The minimum Gasteiger partial charge on any atom is -0.494 e. The topological polar surface area (TPSA) is 34.4 Å². The summed E-state index contributed by atoms with van der Waals surface area (Å²) in [6.07, 6.45) is 3.24. The molecule has 1 aromatic carbocycles. The molecular weight excluding hydrogens is 257 g/mol. The van der Waals surface area contributed by atoms with Gasteiger partial charge in [0.2, 0.25) is 0 Å². The van der Waals surface area contributed by atoms with Crippen molar-refractivity contribution in [1.29, 1.82) is 0 Å². The van der Waals surface area contributed by atoms with Crippen molar-refractivity contribution in [2.24, 2.45) is 0 Å². The van der Waals surface area contributed by atoms with Crippen molar-refractivity contribution in [3.8, 4) is 5.75 Å². The first-order chi connectivity index (χ1) is 9.69. The third kappa shape index (κ3) is 3.02. The van der Waals surface area contributed by atoms with E-state index in [2.05, 4.69) is 12.2 Å². The summed E-state index contributed by atoms with van der Waals surface area (Å²) in [6.45, 7) is 2.06. The van der Waals surface area contributed by atoms with Gasteiger partial charge in [-0.15, -0.1) is 0 Å². The van der Waals surface area contributed by atoms with Crippen molar-refractivity contribution < 1.29 is 13.5 Å². The molecule has 1 N–H and O–H groups in total. The second kappa shape index (κ2) is 6.57. The van der Waals surface area contributed by atoms with Gasteiger partial charge in [0.25, 0.3) is 0 Å². The molecular formula is C16H20FNO2. The van der Waals surface area contributed by atoms with Crippen molar-refractivity contribution in [3.63, 3.8) is 0 Å². The predicted octanol–water partition coefficient (Wildman–Crippen LogP) is 3.49. The number of methoxy groups -OCH3 is 1. The molecule has 0 aliphatic carbocycles. The second-order valence-corrected chi connectivity index (χ2v) is 4.67. The van der Waals surface area contributed by atoms with E-state index < -0.39 is 0 Å². The van der Waals surface area contributed by atoms with Crippen LogP contribution in [0.3, 0.4) is 0 Å². The molecule has 0 amide bonds. The first-order valence-electron chi connectivity index (χ1n) is 6.75. The van der Waals surface area contributed by atoms with Crippen LogP contribution in [-0.4, -0.2) is 14.2 Å². The van der Waals surface area contributed by atoms with Crippen LogP contribution in [-0.2, 0) is 12.8 Å². The molecule has 0 bridgehead atoms. The minimum absolute atomic E-state index is 0.108. The highest BCUT2D eigenvalue weighted by molar-refractivity contribution is 5.31. The number of rotatable bonds is 6. The number of halogens is 1. The molecule has 0 radical (unpaired) electrons. The lowest BCUT2D eigenvalue weighted by atomic mass is 9.98. The van der Waals surface area contributed by atoms with Crippen LogP contribution in [0.4, 0.5) is 4.39 Å². The first-order valence-corrected chi connectivity index (χ1v) is 6.75. The van der Waals surface area contributed by atoms with Crippen molar-refractivity contribution >= 4 is 0 Å². The fraction of sp³-hybridized carbons (Fsp3) is 0.375. The summed E-state index contributed by atoms with van der Waals surface area (Å²) >= 11 is 0. The van der Waals surface area contributed by atoms with Gasteiger partial charge < -0.3 is 14.5 Å². The Hall–Kier alpha value is -1.81. The summed E-state index contributed by atoms with van der Waals surface area (Å²) < 4.78 is 24.1. The van der Waals surface area contributed by atoms with E-state index in [0.29, 0.717) is 6.42 Å². The lowest BCUT2D eigenvalue weighted by Gasteiger charge is -2.16. The zero-order chi connectivity index (χ0) is 14.5. The molecule has 3 nitrogen and oxygen atoms in total. The van der Waals surface area contributed by atoms with Crippen LogP contribution in [0.25, 0.3) is 0 Å². The molecule has 0 fully saturated rings. The number of aryl methyl sites for hydroxylation is 1. The van der Waals surface area contributed by atoms with Crippen molar-refractivity contribution in [1.82, 2.24) is 5.32 Å². The summed E-state index contributed by atoms with van der Waals surface area (Å²) in [4.78, 5) is 0. The van der Waals surface area contributed by atoms with Gasteiger partial charge in [-0.1, -0.05) is 13.0 Å². The quantitative estimate of drug-likeness (QED) is 0.877. The Morgan fingerprint density at radius 2 is 2.15 bits per heavy atom. The van der Waals surface area contributed by atoms with E-state index in [9.17, 15) is 4.39 Å². The Morgan fingerprint density at radius 1 is 1.35 bits per heavy atom. The summed E-state index contributed by atoms with van der Waals surface area (Å²) in [7, 11) is 3.37. The first kappa shape index (κ1) is 14.6. The van der Waals surface area contributed by atoms with Crippen LogP contribution in [0.15, 0.2) is 34.9 Å². The van der Waals surface area contributed by atoms with Crippen molar-refractivity contribution in [2.45, 2.75) is 25.8 Å². The molecule has 20 heavy (non-hydrogen) atoms. The third-order valence-electron chi connectivity index (χ3n) is 3.48. The van der Waals surface area contributed by atoms with Crippen LogP contribution in [0.2, 0.25) is 0 Å². The number of likely N-dealkylation sites (N-methyl/N-ethyl adjacent to an activating group) is 1. The monoisotopic (exact) mass is 277 g/mol. The molecule has 0 aliphatic rings. The van der Waals surface area contributed by atoms with Gasteiger partial charge in [0.05, 0.1) is 13.4 Å². The Morgan fingerprint density at radius 3 is 2.75 bits per heavy atom. The van der Waals surface area contributed by atoms with Gasteiger partial charge in [-0.05, 0) is 37.2 Å². The number of hydrogen-bond acceptors (Lipinski definition) is 3. The predicted molar refractivity (Wildman–Crippen MR) is 76.5 cm³/mol. The van der Waals surface area contributed by atoms with Crippen LogP contribution in [0, 0.1) is 5.82 Å². The summed E-state index contributed by atoms with van der Waals surface area (Å²) in [6, 6.07) is 7.15. The zero-order valence-electron chi connectivity index (χ0n) is 12.1. The average Bonchev–Trinajstić information content (AvgIpc) is 2.93. The molecule has 2 rings (SSSR count). The molecule has 1 aromatic heterocycles. The maximum Gasteiger partial charge on any atom is 0.165 e. The Kier molecular flexibility index (Phi) is 4.79. The maximum atomic E-state index is 13.7. The Balaban J connectivity index is 2.20. The van der Waals surface area contributed by atoms with Gasteiger partial charge in [-0.3, -0.25) is 0 Å². The van der Waals surface area contributed by atoms with E-state index in [4.69, 9.17) is 9.15 Å². The summed E-state index contributed by atoms with van der Waals surface area (Å²) in [5, 5.41) is 3.26. The van der Waals surface area contributed by atoms with Gasteiger partial charge >= 0.3 is 0 Å². The minimum atomic E-state index is -0.331. The van der Waals surface area contributed by atoms with Gasteiger partial charge in [0.15, 0.2) is 11.6 Å². The van der Waals surface area contributed by atoms with Gasteiger partial charge in [0.1, 0.15) is 5.76 Å². The smallest absolute Gasteiger partial charge is 0.165 e. The van der Waals surface area contributed by atoms with Crippen LogP contribution in [0.1, 0.15) is 29.9 Å². The van der Waals surface area contributed by atoms with Gasteiger partial charge in [-0.2, -0.15) is 0 Å². The molecule has 1 heterocycles. The van der Waals surface area contributed by atoms with Crippen LogP contribution in [0.5, 0.6) is 5.75 Å². The number of benzene rings is 1. The highest BCUT2D eigenvalue weighted by Crippen LogP contribution is 2.25. The fourth-order valence-electron chi connectivity index (χ4n) is 2.39. The van der Waals surface area contributed by atoms with E-state index in [-0.39, 0.29) is 17.6 Å². The molecule has 0 spiro atoms. The van der Waals surface area contributed by atoms with Crippen molar-refractivity contribution in [3.05, 3.63) is 53.2 Å². The fourth-order valence-corrected chi connectivity index (χ4v) is 2.39. The lowest BCUT2D eigenvalue weighted by molar-refractivity contribution is 0.386. The molecule has 4 heteroatoms. The van der Waals surface area contributed by atoms with E-state index in [0.717, 1.165) is 23.3 Å². The highest BCUT2D eigenvalue weighted by Gasteiger charge is 2.16. The van der Waals surface area contributed by atoms with E-state index in [1.165, 1.54) is 13.2 Å². The van der Waals surface area contributed by atoms with Gasteiger partial charge in [-0.25, -0.2) is 4.39 Å². The number of furan rings is 1. The van der Waals surface area contributed by atoms with E-state index in [1.54, 1.807) is 12.3 Å². The zero-order valence-corrected chi connectivity index (χ0v) is 12.1. The molecule has 108 valence electrons. The van der Waals surface area contributed by atoms with Crippen LogP contribution >= 0.6 is 0 Å². The molecule has 0 saturated heterocycles. The molecule has 1 atom stereocenters. The van der Waals surface area contributed by atoms with Crippen LogP contribution < -0.4 is 10.1 Å². The van der Waals surface area contributed by atoms with E-state index >= 15 is 0 Å². The van der Waals surface area contributed by atoms with E-state index in [1.807, 2.05) is 19.2 Å². The maximum absolute atomic E-state index is 13.7. The molecule has 2 aromatic rings. The highest BCUT2D eigenvalue weighted by atomic mass is 19.1. The second-order valence-electron chi connectivity index (χ2n) is 4.67. The van der Waals surface area contributed by atoms with Crippen molar-refractivity contribution in [2.75, 3.05) is 14.2 Å². The molecule has 0 saturated carbocycles. The molecule has 1 unspecified atom stereocenters.